The highest BCUT2D eigenvalue weighted by Crippen LogP contribution is 2.43. The average Bonchev–Trinajstić information content (AvgIpc) is 3.75. The number of para-hydroxylation sites is 3. The van der Waals surface area contributed by atoms with Crippen molar-refractivity contribution in [3.63, 3.8) is 0 Å². The van der Waals surface area contributed by atoms with Gasteiger partial charge in [0.25, 0.3) is 0 Å². The Labute approximate surface area is 295 Å². The largest absolute Gasteiger partial charge is 0.456 e. The number of anilines is 3. The summed E-state index contributed by atoms with van der Waals surface area (Å²) in [6.45, 7) is 0. The van der Waals surface area contributed by atoms with Crippen LogP contribution in [0.2, 0.25) is 0 Å². The van der Waals surface area contributed by atoms with Gasteiger partial charge in [-0.2, -0.15) is 0 Å². The van der Waals surface area contributed by atoms with Gasteiger partial charge in [-0.3, -0.25) is 0 Å². The maximum atomic E-state index is 6.53. The first-order valence-electron chi connectivity index (χ1n) is 17.4. The van der Waals surface area contributed by atoms with Crippen molar-refractivity contribution in [3.8, 4) is 27.9 Å². The minimum absolute atomic E-state index is 0.869. The van der Waals surface area contributed by atoms with E-state index in [1.165, 1.54) is 32.9 Å². The fourth-order valence-corrected chi connectivity index (χ4v) is 7.65. The van der Waals surface area contributed by atoms with E-state index in [0.717, 1.165) is 55.8 Å². The molecule has 0 fully saturated rings. The van der Waals surface area contributed by atoms with Gasteiger partial charge in [0.15, 0.2) is 0 Å². The van der Waals surface area contributed by atoms with Crippen LogP contribution in [0.15, 0.2) is 199 Å². The van der Waals surface area contributed by atoms with Gasteiger partial charge >= 0.3 is 0 Å². The van der Waals surface area contributed by atoms with E-state index in [1.54, 1.807) is 0 Å². The molecule has 0 unspecified atom stereocenters. The highest BCUT2D eigenvalue weighted by molar-refractivity contribution is 6.15. The van der Waals surface area contributed by atoms with Crippen molar-refractivity contribution in [2.45, 2.75) is 0 Å². The first kappa shape index (κ1) is 29.1. The second-order valence-corrected chi connectivity index (χ2v) is 13.0. The third-order valence-electron chi connectivity index (χ3n) is 9.98. The summed E-state index contributed by atoms with van der Waals surface area (Å²) in [5, 5.41) is 4.69. The minimum Gasteiger partial charge on any atom is -0.456 e. The molecule has 10 aromatic rings. The van der Waals surface area contributed by atoms with E-state index < -0.39 is 0 Å². The Morgan fingerprint density at radius 3 is 1.80 bits per heavy atom. The quantitative estimate of drug-likeness (QED) is 0.178. The molecule has 0 atom stereocenters. The van der Waals surface area contributed by atoms with Gasteiger partial charge in [-0.25, -0.2) is 0 Å². The Kier molecular flexibility index (Phi) is 6.81. The van der Waals surface area contributed by atoms with Crippen LogP contribution in [0, 0.1) is 0 Å². The first-order chi connectivity index (χ1) is 25.3. The standard InChI is InChI=1S/C48H32N2O/c1-4-13-33(14-5-1)34-23-26-38(27-24-34)49(36-15-6-2-7-16-36)39-28-30-46-43(32-39)48-40(20-12-22-47(48)51-46)35-25-29-42-41-19-10-11-21-44(41)50(45(42)31-35)37-17-8-3-9-18-37/h1-32H. The predicted octanol–water partition coefficient (Wildman–Crippen LogP) is 13.5. The first-order valence-corrected chi connectivity index (χ1v) is 17.4. The molecule has 0 saturated heterocycles. The van der Waals surface area contributed by atoms with Crippen LogP contribution >= 0.6 is 0 Å². The fraction of sp³-hybridized carbons (Fsp3) is 0. The number of furan rings is 1. The summed E-state index contributed by atoms with van der Waals surface area (Å²) in [7, 11) is 0. The van der Waals surface area contributed by atoms with Crippen molar-refractivity contribution in [2.75, 3.05) is 4.90 Å². The van der Waals surface area contributed by atoms with E-state index in [2.05, 4.69) is 204 Å². The van der Waals surface area contributed by atoms with Crippen molar-refractivity contribution in [1.82, 2.24) is 4.57 Å². The maximum absolute atomic E-state index is 6.53. The van der Waals surface area contributed by atoms with Crippen LogP contribution in [-0.2, 0) is 0 Å². The lowest BCUT2D eigenvalue weighted by molar-refractivity contribution is 0.669. The second-order valence-electron chi connectivity index (χ2n) is 13.0. The molecule has 0 N–H and O–H groups in total. The maximum Gasteiger partial charge on any atom is 0.136 e. The number of rotatable bonds is 6. The number of benzene rings is 8. The third-order valence-corrected chi connectivity index (χ3v) is 9.98. The second kappa shape index (κ2) is 11.9. The monoisotopic (exact) mass is 652 g/mol. The molecule has 0 aliphatic heterocycles. The van der Waals surface area contributed by atoms with Crippen molar-refractivity contribution in [2.24, 2.45) is 0 Å². The van der Waals surface area contributed by atoms with E-state index in [1.807, 2.05) is 0 Å². The van der Waals surface area contributed by atoms with Gasteiger partial charge in [-0.1, -0.05) is 121 Å². The lowest BCUT2D eigenvalue weighted by Gasteiger charge is -2.25. The molecule has 0 amide bonds. The van der Waals surface area contributed by atoms with Gasteiger partial charge in [0.2, 0.25) is 0 Å². The van der Waals surface area contributed by atoms with E-state index in [9.17, 15) is 0 Å². The Morgan fingerprint density at radius 1 is 0.373 bits per heavy atom. The van der Waals surface area contributed by atoms with Crippen LogP contribution in [0.25, 0.3) is 71.7 Å². The average molecular weight is 653 g/mol. The normalized spacial score (nSPS) is 11.5. The summed E-state index contributed by atoms with van der Waals surface area (Å²) in [4.78, 5) is 2.32. The summed E-state index contributed by atoms with van der Waals surface area (Å²) >= 11 is 0. The number of hydrogen-bond donors (Lipinski definition) is 0. The number of fused-ring (bicyclic) bond motifs is 6. The zero-order valence-electron chi connectivity index (χ0n) is 27.8. The molecule has 0 radical (unpaired) electrons. The summed E-state index contributed by atoms with van der Waals surface area (Å²) in [6, 6.07) is 69.0. The zero-order chi connectivity index (χ0) is 33.7. The highest BCUT2D eigenvalue weighted by Gasteiger charge is 2.19. The molecule has 3 heteroatoms. The molecule has 0 bridgehead atoms. The van der Waals surface area contributed by atoms with Crippen LogP contribution in [0.5, 0.6) is 0 Å². The lowest BCUT2D eigenvalue weighted by Crippen LogP contribution is -2.09. The Hall–Kier alpha value is -6.84. The Bertz CT molecular complexity index is 2830. The van der Waals surface area contributed by atoms with Crippen LogP contribution in [0.4, 0.5) is 17.1 Å². The molecule has 2 heterocycles. The lowest BCUT2D eigenvalue weighted by atomic mass is 9.98. The molecular weight excluding hydrogens is 621 g/mol. The molecule has 3 nitrogen and oxygen atoms in total. The fourth-order valence-electron chi connectivity index (χ4n) is 7.65. The van der Waals surface area contributed by atoms with Crippen LogP contribution in [0.1, 0.15) is 0 Å². The van der Waals surface area contributed by atoms with Crippen molar-refractivity contribution in [3.05, 3.63) is 194 Å². The summed E-state index contributed by atoms with van der Waals surface area (Å²) in [6.07, 6.45) is 0. The third kappa shape index (κ3) is 4.90. The Morgan fingerprint density at radius 2 is 1.00 bits per heavy atom. The van der Waals surface area contributed by atoms with E-state index in [4.69, 9.17) is 4.42 Å². The van der Waals surface area contributed by atoms with Gasteiger partial charge < -0.3 is 13.9 Å². The SMILES string of the molecule is c1ccc(-c2ccc(N(c3ccccc3)c3ccc4oc5cccc(-c6ccc7c8ccccc8n(-c8ccccc8)c7c6)c5c4c3)cc2)cc1. The number of aromatic nitrogens is 1. The Balaban J connectivity index is 1.15. The molecular formula is C48H32N2O. The van der Waals surface area contributed by atoms with Crippen LogP contribution in [0.3, 0.4) is 0 Å². The van der Waals surface area contributed by atoms with Crippen molar-refractivity contribution >= 4 is 60.8 Å². The molecule has 0 spiro atoms. The molecule has 2 aromatic heterocycles. The topological polar surface area (TPSA) is 21.3 Å². The van der Waals surface area contributed by atoms with E-state index >= 15 is 0 Å². The molecule has 0 aliphatic carbocycles. The number of nitrogens with zero attached hydrogens (tertiary/aromatic N) is 2. The minimum atomic E-state index is 0.869. The van der Waals surface area contributed by atoms with Crippen molar-refractivity contribution < 1.29 is 4.42 Å². The molecule has 51 heavy (non-hydrogen) atoms. The summed E-state index contributed by atoms with van der Waals surface area (Å²) in [5.74, 6) is 0. The highest BCUT2D eigenvalue weighted by atomic mass is 16.3. The van der Waals surface area contributed by atoms with Gasteiger partial charge in [0, 0.05) is 44.3 Å². The van der Waals surface area contributed by atoms with Crippen molar-refractivity contribution in [1.29, 1.82) is 0 Å². The smallest absolute Gasteiger partial charge is 0.136 e. The summed E-state index contributed by atoms with van der Waals surface area (Å²) in [5.41, 5.74) is 13.2. The molecule has 0 aliphatic rings. The summed E-state index contributed by atoms with van der Waals surface area (Å²) < 4.78 is 8.91. The van der Waals surface area contributed by atoms with E-state index in [0.29, 0.717) is 0 Å². The van der Waals surface area contributed by atoms with Crippen LogP contribution < -0.4 is 4.90 Å². The molecule has 240 valence electrons. The van der Waals surface area contributed by atoms with Gasteiger partial charge in [0.05, 0.1) is 11.0 Å². The van der Waals surface area contributed by atoms with Crippen LogP contribution in [-0.4, -0.2) is 4.57 Å². The molecule has 0 saturated carbocycles. The van der Waals surface area contributed by atoms with Gasteiger partial charge in [0.1, 0.15) is 11.2 Å². The van der Waals surface area contributed by atoms with Gasteiger partial charge in [-0.05, 0) is 95.1 Å². The van der Waals surface area contributed by atoms with E-state index in [-0.39, 0.29) is 0 Å². The van der Waals surface area contributed by atoms with Gasteiger partial charge in [-0.15, -0.1) is 0 Å². The predicted molar refractivity (Wildman–Crippen MR) is 214 cm³/mol. The molecule has 8 aromatic carbocycles. The number of hydrogen-bond acceptors (Lipinski definition) is 2. The molecule has 10 rings (SSSR count). The zero-order valence-corrected chi connectivity index (χ0v) is 27.8.